The molecule has 2 nitrogen and oxygen atoms in total. The number of amides is 1. The number of carbonyl (C=O) groups excluding carboxylic acids is 1. The lowest BCUT2D eigenvalue weighted by Gasteiger charge is -2.52. The predicted molar refractivity (Wildman–Crippen MR) is 99.7 cm³/mol. The Morgan fingerprint density at radius 2 is 1.96 bits per heavy atom. The van der Waals surface area contributed by atoms with Crippen molar-refractivity contribution in [3.8, 4) is 0 Å². The molecular formula is C20H22ClNOS. The maximum atomic E-state index is 13.1. The molecule has 2 heterocycles. The summed E-state index contributed by atoms with van der Waals surface area (Å²) in [6.07, 6.45) is 5.50. The number of piperidine rings is 1. The number of carbonyl (C=O) groups is 1. The van der Waals surface area contributed by atoms with E-state index in [4.69, 9.17) is 11.6 Å². The molecule has 1 aromatic carbocycles. The zero-order chi connectivity index (χ0) is 16.6. The van der Waals surface area contributed by atoms with Crippen molar-refractivity contribution in [3.05, 3.63) is 58.3 Å². The van der Waals surface area contributed by atoms with E-state index in [0.29, 0.717) is 5.92 Å². The third kappa shape index (κ3) is 2.78. The molecule has 24 heavy (non-hydrogen) atoms. The molecular weight excluding hydrogens is 338 g/mol. The van der Waals surface area contributed by atoms with Crippen LogP contribution in [0.4, 0.5) is 0 Å². The minimum absolute atomic E-state index is 0.0901. The summed E-state index contributed by atoms with van der Waals surface area (Å²) in [5, 5.41) is 1.97. The van der Waals surface area contributed by atoms with Crippen LogP contribution in [0.1, 0.15) is 53.4 Å². The standard InChI is InChI=1S/C20H22ClNOS/c21-20-11-5-4-9-16(20)18(15-7-2-1-3-8-15)22(13-12-20)19(23)17-10-6-14-24-17/h1-3,6-8,10,14,16,18H,4-5,9,11-13H2/t16-,18+,20+/m1/s1. The average molecular weight is 360 g/mol. The van der Waals surface area contributed by atoms with Gasteiger partial charge in [0.2, 0.25) is 0 Å². The van der Waals surface area contributed by atoms with Crippen molar-refractivity contribution < 1.29 is 4.79 Å². The van der Waals surface area contributed by atoms with Crippen LogP contribution in [0.5, 0.6) is 0 Å². The number of alkyl halides is 1. The molecule has 2 fully saturated rings. The Kier molecular flexibility index (Phi) is 4.40. The molecule has 0 N–H and O–H groups in total. The number of likely N-dealkylation sites (tertiary alicyclic amines) is 1. The lowest BCUT2D eigenvalue weighted by molar-refractivity contribution is 0.0283. The average Bonchev–Trinajstić information content (AvgIpc) is 3.15. The topological polar surface area (TPSA) is 20.3 Å². The number of hydrogen-bond donors (Lipinski definition) is 0. The molecule has 1 aliphatic heterocycles. The summed E-state index contributed by atoms with van der Waals surface area (Å²) in [5.74, 6) is 0.496. The second-order valence-electron chi connectivity index (χ2n) is 6.97. The van der Waals surface area contributed by atoms with Crippen molar-refractivity contribution in [1.29, 1.82) is 0 Å². The molecule has 1 amide bonds. The molecule has 1 saturated carbocycles. The van der Waals surface area contributed by atoms with Crippen LogP contribution in [0.15, 0.2) is 47.8 Å². The quantitative estimate of drug-likeness (QED) is 0.648. The van der Waals surface area contributed by atoms with Gasteiger partial charge in [-0.05, 0) is 36.3 Å². The Labute approximate surface area is 152 Å². The highest BCUT2D eigenvalue weighted by Crippen LogP contribution is 2.52. The number of benzene rings is 1. The number of nitrogens with zero attached hydrogens (tertiary/aromatic N) is 1. The van der Waals surface area contributed by atoms with Crippen LogP contribution in [0.25, 0.3) is 0 Å². The van der Waals surface area contributed by atoms with Crippen molar-refractivity contribution in [2.24, 2.45) is 5.92 Å². The second kappa shape index (κ2) is 6.53. The van der Waals surface area contributed by atoms with Gasteiger partial charge in [-0.1, -0.05) is 49.2 Å². The molecule has 0 unspecified atom stereocenters. The van der Waals surface area contributed by atoms with Crippen LogP contribution in [0.2, 0.25) is 0 Å². The third-order valence-electron chi connectivity index (χ3n) is 5.64. The number of rotatable bonds is 2. The maximum absolute atomic E-state index is 13.1. The lowest BCUT2D eigenvalue weighted by Crippen LogP contribution is -2.53. The summed E-state index contributed by atoms with van der Waals surface area (Å²) >= 11 is 8.61. The third-order valence-corrected chi connectivity index (χ3v) is 7.16. The molecule has 0 radical (unpaired) electrons. The summed E-state index contributed by atoms with van der Waals surface area (Å²) in [6, 6.07) is 14.4. The van der Waals surface area contributed by atoms with Gasteiger partial charge in [0.15, 0.2) is 0 Å². The van der Waals surface area contributed by atoms with Gasteiger partial charge in [-0.25, -0.2) is 0 Å². The van der Waals surface area contributed by atoms with Crippen molar-refractivity contribution in [2.75, 3.05) is 6.54 Å². The monoisotopic (exact) mass is 359 g/mol. The number of halogens is 1. The molecule has 4 heteroatoms. The van der Waals surface area contributed by atoms with Crippen LogP contribution in [-0.2, 0) is 0 Å². The Morgan fingerprint density at radius 3 is 2.71 bits per heavy atom. The van der Waals surface area contributed by atoms with Gasteiger partial charge in [-0.2, -0.15) is 0 Å². The molecule has 1 saturated heterocycles. The number of fused-ring (bicyclic) bond motifs is 1. The van der Waals surface area contributed by atoms with E-state index < -0.39 is 0 Å². The number of hydrogen-bond acceptors (Lipinski definition) is 2. The number of thiophene rings is 1. The molecule has 2 aromatic rings. The molecule has 126 valence electrons. The van der Waals surface area contributed by atoms with Gasteiger partial charge in [0.25, 0.3) is 5.91 Å². The van der Waals surface area contributed by atoms with Crippen LogP contribution < -0.4 is 0 Å². The van der Waals surface area contributed by atoms with Crippen LogP contribution in [-0.4, -0.2) is 22.2 Å². The normalized spacial score (nSPS) is 30.0. The molecule has 3 atom stereocenters. The molecule has 0 spiro atoms. The van der Waals surface area contributed by atoms with Crippen molar-refractivity contribution in [1.82, 2.24) is 4.90 Å². The summed E-state index contributed by atoms with van der Waals surface area (Å²) in [5.41, 5.74) is 1.22. The highest BCUT2D eigenvalue weighted by molar-refractivity contribution is 7.12. The lowest BCUT2D eigenvalue weighted by atomic mass is 9.68. The molecule has 4 rings (SSSR count). The Balaban J connectivity index is 1.74. The fourth-order valence-electron chi connectivity index (χ4n) is 4.47. The molecule has 1 aliphatic carbocycles. The minimum atomic E-state index is -0.148. The van der Waals surface area contributed by atoms with E-state index in [1.165, 1.54) is 29.7 Å². The van der Waals surface area contributed by atoms with Gasteiger partial charge < -0.3 is 4.90 Å². The van der Waals surface area contributed by atoms with Gasteiger partial charge in [0.05, 0.1) is 15.8 Å². The highest BCUT2D eigenvalue weighted by atomic mass is 35.5. The van der Waals surface area contributed by atoms with Gasteiger partial charge in [0.1, 0.15) is 0 Å². The first kappa shape index (κ1) is 16.2. The van der Waals surface area contributed by atoms with Crippen LogP contribution in [0, 0.1) is 5.92 Å². The highest BCUT2D eigenvalue weighted by Gasteiger charge is 2.50. The largest absolute Gasteiger partial charge is 0.330 e. The predicted octanol–water partition coefficient (Wildman–Crippen LogP) is 5.50. The molecule has 0 bridgehead atoms. The summed E-state index contributed by atoms with van der Waals surface area (Å²) in [4.78, 5) is 15.9. The van der Waals surface area contributed by atoms with E-state index in [2.05, 4.69) is 29.2 Å². The van der Waals surface area contributed by atoms with Crippen molar-refractivity contribution in [3.63, 3.8) is 0 Å². The Bertz CT molecular complexity index is 702. The van der Waals surface area contributed by atoms with E-state index in [1.54, 1.807) is 0 Å². The van der Waals surface area contributed by atoms with E-state index >= 15 is 0 Å². The van der Waals surface area contributed by atoms with Gasteiger partial charge in [-0.15, -0.1) is 22.9 Å². The van der Waals surface area contributed by atoms with Crippen LogP contribution >= 0.6 is 22.9 Å². The van der Waals surface area contributed by atoms with Gasteiger partial charge >= 0.3 is 0 Å². The van der Waals surface area contributed by atoms with Gasteiger partial charge in [0, 0.05) is 12.5 Å². The fourth-order valence-corrected chi connectivity index (χ4v) is 5.60. The second-order valence-corrected chi connectivity index (χ2v) is 8.67. The maximum Gasteiger partial charge on any atom is 0.264 e. The summed E-state index contributed by atoms with van der Waals surface area (Å²) in [6.45, 7) is 0.746. The Morgan fingerprint density at radius 1 is 1.12 bits per heavy atom. The van der Waals surface area contributed by atoms with E-state index in [-0.39, 0.29) is 16.8 Å². The first-order valence-electron chi connectivity index (χ1n) is 8.77. The minimum Gasteiger partial charge on any atom is -0.330 e. The van der Waals surface area contributed by atoms with Crippen LogP contribution in [0.3, 0.4) is 0 Å². The van der Waals surface area contributed by atoms with Crippen molar-refractivity contribution >= 4 is 28.8 Å². The molecule has 1 aromatic heterocycles. The first-order chi connectivity index (χ1) is 11.7. The molecule has 2 aliphatic rings. The van der Waals surface area contributed by atoms with E-state index in [1.807, 2.05) is 23.6 Å². The van der Waals surface area contributed by atoms with Crippen molar-refractivity contribution in [2.45, 2.75) is 43.0 Å². The van der Waals surface area contributed by atoms with E-state index in [9.17, 15) is 4.79 Å². The van der Waals surface area contributed by atoms with E-state index in [0.717, 1.165) is 30.7 Å². The fraction of sp³-hybridized carbons (Fsp3) is 0.450. The SMILES string of the molecule is O=C(c1cccs1)N1CC[C@@]2(Cl)CCCC[C@@H]2[C@@H]1c1ccccc1. The van der Waals surface area contributed by atoms with Gasteiger partial charge in [-0.3, -0.25) is 4.79 Å². The zero-order valence-corrected chi connectivity index (χ0v) is 15.2. The Hall–Kier alpha value is -1.32. The smallest absolute Gasteiger partial charge is 0.264 e. The zero-order valence-electron chi connectivity index (χ0n) is 13.7. The first-order valence-corrected chi connectivity index (χ1v) is 10.0. The summed E-state index contributed by atoms with van der Waals surface area (Å²) < 4.78 is 0. The summed E-state index contributed by atoms with van der Waals surface area (Å²) in [7, 11) is 0.